The summed E-state index contributed by atoms with van der Waals surface area (Å²) < 4.78 is 15.2. The monoisotopic (exact) mass is 588 g/mol. The van der Waals surface area contributed by atoms with E-state index in [1.165, 1.54) is 13.8 Å². The molecule has 230 valence electrons. The fourth-order valence-corrected chi connectivity index (χ4v) is 3.55. The van der Waals surface area contributed by atoms with Crippen LogP contribution in [0.5, 0.6) is 0 Å². The van der Waals surface area contributed by atoms with Crippen molar-refractivity contribution < 1.29 is 38.2 Å². The van der Waals surface area contributed by atoms with Crippen LogP contribution >= 0.6 is 0 Å². The highest BCUT2D eigenvalue weighted by atomic mass is 16.6. The van der Waals surface area contributed by atoms with Crippen molar-refractivity contribution in [3.63, 3.8) is 0 Å². The van der Waals surface area contributed by atoms with Crippen molar-refractivity contribution in [2.24, 2.45) is 22.2 Å². The zero-order chi connectivity index (χ0) is 31.5. The first kappa shape index (κ1) is 35.4. The largest absolute Gasteiger partial charge is 0.463 e. The number of esters is 3. The number of nitrogens with two attached hydrogens (primary N) is 3. The normalized spacial score (nSPS) is 11.9. The first-order valence-electron chi connectivity index (χ1n) is 13.4. The second kappa shape index (κ2) is 18.7. The number of aliphatic imine (C=N–C) groups is 1. The smallest absolute Gasteiger partial charge is 0.356 e. The molecule has 2 atom stereocenters. The molecule has 14 heteroatoms. The van der Waals surface area contributed by atoms with Crippen LogP contribution in [0.1, 0.15) is 45.6 Å². The number of benzene rings is 1. The van der Waals surface area contributed by atoms with Gasteiger partial charge in [0.15, 0.2) is 5.96 Å². The van der Waals surface area contributed by atoms with Crippen LogP contribution in [-0.4, -0.2) is 79.7 Å². The Bertz CT molecular complexity index is 1140. The Balaban J connectivity index is 2.96. The van der Waals surface area contributed by atoms with Gasteiger partial charge in [-0.1, -0.05) is 42.2 Å². The Morgan fingerprint density at radius 2 is 1.62 bits per heavy atom. The number of rotatable bonds is 16. The number of ether oxygens (including phenoxy) is 3. The summed E-state index contributed by atoms with van der Waals surface area (Å²) in [6, 6.07) is 7.19. The van der Waals surface area contributed by atoms with Gasteiger partial charge in [0.05, 0.1) is 19.3 Å². The van der Waals surface area contributed by atoms with E-state index in [1.54, 1.807) is 0 Å². The van der Waals surface area contributed by atoms with Crippen LogP contribution < -0.4 is 27.8 Å². The SMILES string of the molecule is CCOC(=O)C(C#CCCOC(=O)[C@H](CCCN=C(N)N)NC(=O)[C@@H](N)Cc1ccccc1)(NC(C)=O)C(=O)OCC. The van der Waals surface area contributed by atoms with Crippen molar-refractivity contribution in [1.82, 2.24) is 10.6 Å². The first-order valence-corrected chi connectivity index (χ1v) is 13.4. The van der Waals surface area contributed by atoms with E-state index in [0.717, 1.165) is 12.5 Å². The lowest BCUT2D eigenvalue weighted by Gasteiger charge is -2.24. The lowest BCUT2D eigenvalue weighted by atomic mass is 10.00. The number of nitrogens with one attached hydrogen (secondary N) is 2. The number of amides is 2. The maximum Gasteiger partial charge on any atom is 0.356 e. The van der Waals surface area contributed by atoms with E-state index in [2.05, 4.69) is 27.5 Å². The summed E-state index contributed by atoms with van der Waals surface area (Å²) in [5, 5.41) is 4.82. The van der Waals surface area contributed by atoms with Gasteiger partial charge in [-0.3, -0.25) is 14.6 Å². The second-order valence-corrected chi connectivity index (χ2v) is 8.90. The summed E-state index contributed by atoms with van der Waals surface area (Å²) in [6.45, 7) is 3.95. The number of carbonyl (C=O) groups is 5. The lowest BCUT2D eigenvalue weighted by molar-refractivity contribution is -0.164. The predicted octanol–water partition coefficient (Wildman–Crippen LogP) is -0.967. The third-order valence-electron chi connectivity index (χ3n) is 5.46. The van der Waals surface area contributed by atoms with Crippen molar-refractivity contribution >= 4 is 35.7 Å². The molecule has 14 nitrogen and oxygen atoms in total. The van der Waals surface area contributed by atoms with Gasteiger partial charge in [-0.05, 0) is 38.7 Å². The van der Waals surface area contributed by atoms with E-state index < -0.39 is 47.3 Å². The second-order valence-electron chi connectivity index (χ2n) is 8.90. The number of hydrogen-bond acceptors (Lipinski definition) is 10. The van der Waals surface area contributed by atoms with Gasteiger partial charge in [0, 0.05) is 19.9 Å². The fourth-order valence-electron chi connectivity index (χ4n) is 3.55. The van der Waals surface area contributed by atoms with Crippen molar-refractivity contribution in [3.8, 4) is 11.8 Å². The maximum absolute atomic E-state index is 12.9. The molecule has 1 rings (SSSR count). The average molecular weight is 589 g/mol. The average Bonchev–Trinajstić information content (AvgIpc) is 2.93. The minimum Gasteiger partial charge on any atom is -0.463 e. The summed E-state index contributed by atoms with van der Waals surface area (Å²) in [6.07, 6.45) is 0.634. The molecule has 0 aliphatic rings. The molecule has 0 fully saturated rings. The van der Waals surface area contributed by atoms with Crippen molar-refractivity contribution in [3.05, 3.63) is 35.9 Å². The maximum atomic E-state index is 12.9. The van der Waals surface area contributed by atoms with Gasteiger partial charge in [-0.2, -0.15) is 0 Å². The van der Waals surface area contributed by atoms with Crippen LogP contribution in [0, 0.1) is 11.8 Å². The van der Waals surface area contributed by atoms with Gasteiger partial charge in [0.1, 0.15) is 12.6 Å². The lowest BCUT2D eigenvalue weighted by Crippen LogP contribution is -2.60. The van der Waals surface area contributed by atoms with Gasteiger partial charge in [-0.25, -0.2) is 14.4 Å². The molecule has 0 aromatic heterocycles. The quantitative estimate of drug-likeness (QED) is 0.0300. The van der Waals surface area contributed by atoms with Crippen LogP contribution in [0.15, 0.2) is 35.3 Å². The van der Waals surface area contributed by atoms with Crippen LogP contribution in [-0.2, 0) is 44.6 Å². The summed E-state index contributed by atoms with van der Waals surface area (Å²) in [4.78, 5) is 66.5. The molecule has 0 bridgehead atoms. The fraction of sp³-hybridized carbons (Fsp3) is 0.500. The molecule has 1 aromatic rings. The zero-order valence-corrected chi connectivity index (χ0v) is 24.1. The minimum atomic E-state index is -2.39. The molecule has 2 amide bonds. The van der Waals surface area contributed by atoms with E-state index in [4.69, 9.17) is 31.4 Å². The number of nitrogens with zero attached hydrogens (tertiary/aromatic N) is 1. The molecule has 0 saturated heterocycles. The Hall–Kier alpha value is -4.64. The summed E-state index contributed by atoms with van der Waals surface area (Å²) >= 11 is 0. The van der Waals surface area contributed by atoms with E-state index in [0.29, 0.717) is 6.42 Å². The topological polar surface area (TPSA) is 228 Å². The van der Waals surface area contributed by atoms with E-state index in [1.807, 2.05) is 30.3 Å². The molecule has 0 radical (unpaired) electrons. The summed E-state index contributed by atoms with van der Waals surface area (Å²) in [7, 11) is 0. The molecular formula is C28H40N6O8. The Labute approximate surface area is 245 Å². The van der Waals surface area contributed by atoms with Crippen LogP contribution in [0.4, 0.5) is 0 Å². The van der Waals surface area contributed by atoms with Gasteiger partial charge in [0.2, 0.25) is 11.8 Å². The Morgan fingerprint density at radius 3 is 2.17 bits per heavy atom. The van der Waals surface area contributed by atoms with Gasteiger partial charge < -0.3 is 42.0 Å². The highest BCUT2D eigenvalue weighted by molar-refractivity contribution is 6.11. The highest BCUT2D eigenvalue weighted by Crippen LogP contribution is 2.11. The van der Waals surface area contributed by atoms with Crippen LogP contribution in [0.2, 0.25) is 0 Å². The minimum absolute atomic E-state index is 0.0792. The predicted molar refractivity (Wildman–Crippen MR) is 153 cm³/mol. The van der Waals surface area contributed by atoms with Gasteiger partial charge in [0.25, 0.3) is 5.54 Å². The Morgan fingerprint density at radius 1 is 1.00 bits per heavy atom. The van der Waals surface area contributed by atoms with Crippen LogP contribution in [0.3, 0.4) is 0 Å². The first-order chi connectivity index (χ1) is 20.0. The van der Waals surface area contributed by atoms with Crippen molar-refractivity contribution in [1.29, 1.82) is 0 Å². The molecule has 0 saturated carbocycles. The molecule has 0 heterocycles. The molecule has 8 N–H and O–H groups in total. The van der Waals surface area contributed by atoms with Gasteiger partial charge >= 0.3 is 17.9 Å². The summed E-state index contributed by atoms with van der Waals surface area (Å²) in [5.41, 5.74) is 15.2. The third kappa shape index (κ3) is 12.3. The molecule has 0 unspecified atom stereocenters. The van der Waals surface area contributed by atoms with Crippen molar-refractivity contribution in [2.45, 2.75) is 64.1 Å². The molecule has 0 aliphatic carbocycles. The molecule has 1 aromatic carbocycles. The van der Waals surface area contributed by atoms with Crippen molar-refractivity contribution in [2.75, 3.05) is 26.4 Å². The molecule has 0 spiro atoms. The van der Waals surface area contributed by atoms with E-state index in [-0.39, 0.29) is 51.6 Å². The van der Waals surface area contributed by atoms with E-state index >= 15 is 0 Å². The number of guanidine groups is 1. The number of carbonyl (C=O) groups excluding carboxylic acids is 5. The highest BCUT2D eigenvalue weighted by Gasteiger charge is 2.49. The zero-order valence-electron chi connectivity index (χ0n) is 24.1. The molecule has 0 aliphatic heterocycles. The molecular weight excluding hydrogens is 548 g/mol. The Kier molecular flexibility index (Phi) is 15.7. The number of hydrogen-bond donors (Lipinski definition) is 5. The molecule has 42 heavy (non-hydrogen) atoms. The van der Waals surface area contributed by atoms with Gasteiger partial charge in [-0.15, -0.1) is 0 Å². The van der Waals surface area contributed by atoms with Crippen LogP contribution in [0.25, 0.3) is 0 Å². The van der Waals surface area contributed by atoms with E-state index in [9.17, 15) is 24.0 Å². The summed E-state index contributed by atoms with van der Waals surface area (Å²) in [5.74, 6) is 0.609. The third-order valence-corrected chi connectivity index (χ3v) is 5.46. The standard InChI is InChI=1S/C28H40N6O8/c1-4-40-25(38)28(34-19(3)35,26(39)41-5-2)15-9-10-17-42-24(37)22(14-11-16-32-27(30)31)33-23(36)21(29)18-20-12-7-6-8-13-20/h6-8,12-13,21-22H,4-5,10-11,14,16-18,29H2,1-3H3,(H,33,36)(H,34,35)(H4,30,31,32)/t21-,22-/m0/s1.